The smallest absolute Gasteiger partial charge is 0.344 e. The highest BCUT2D eigenvalue weighted by atomic mass is 16.5. The Morgan fingerprint density at radius 2 is 1.96 bits per heavy atom. The monoisotopic (exact) mass is 345 g/mol. The van der Waals surface area contributed by atoms with Gasteiger partial charge in [-0.1, -0.05) is 30.3 Å². The minimum Gasteiger partial charge on any atom is -0.381 e. The number of benzene rings is 1. The first kappa shape index (κ1) is 17.4. The van der Waals surface area contributed by atoms with Crippen LogP contribution in [0.1, 0.15) is 31.7 Å². The number of rotatable bonds is 5. The Morgan fingerprint density at radius 1 is 1.28 bits per heavy atom. The molecule has 7 heteroatoms. The number of aryl methyl sites for hydroxylation is 1. The molecule has 0 unspecified atom stereocenters. The molecule has 1 atom stereocenters. The zero-order chi connectivity index (χ0) is 17.9. The van der Waals surface area contributed by atoms with E-state index in [0.717, 1.165) is 10.6 Å². The summed E-state index contributed by atoms with van der Waals surface area (Å²) < 4.78 is 5.23. The molecular weight excluding hydrogens is 322 g/mol. The van der Waals surface area contributed by atoms with Crippen LogP contribution in [0.3, 0.4) is 0 Å². The Kier molecular flexibility index (Phi) is 5.03. The largest absolute Gasteiger partial charge is 0.381 e. The van der Waals surface area contributed by atoms with Crippen molar-refractivity contribution in [1.29, 1.82) is 0 Å². The number of ether oxygens (including phenoxy) is 1. The topological polar surface area (TPSA) is 87.7 Å². The molecule has 0 radical (unpaired) electrons. The number of amides is 4. The highest BCUT2D eigenvalue weighted by Crippen LogP contribution is 2.23. The molecule has 0 spiro atoms. The molecule has 4 amide bonds. The number of carbonyl (C=O) groups is 3. The Bertz CT molecular complexity index is 658. The van der Waals surface area contributed by atoms with Gasteiger partial charge in [0.25, 0.3) is 5.91 Å². The molecule has 134 valence electrons. The van der Waals surface area contributed by atoms with Gasteiger partial charge in [0.05, 0.1) is 0 Å². The highest BCUT2D eigenvalue weighted by Gasteiger charge is 2.48. The lowest BCUT2D eigenvalue weighted by Gasteiger charge is -2.24. The van der Waals surface area contributed by atoms with Crippen molar-refractivity contribution < 1.29 is 19.1 Å². The number of hydrogen-bond donors (Lipinski definition) is 2. The van der Waals surface area contributed by atoms with E-state index in [1.165, 1.54) is 0 Å². The van der Waals surface area contributed by atoms with Crippen LogP contribution in [0.4, 0.5) is 4.79 Å². The molecule has 2 aliphatic rings. The average Bonchev–Trinajstić information content (AvgIpc) is 2.85. The van der Waals surface area contributed by atoms with Gasteiger partial charge in [-0.05, 0) is 38.2 Å². The number of urea groups is 1. The van der Waals surface area contributed by atoms with Crippen molar-refractivity contribution in [2.45, 2.75) is 38.1 Å². The number of hydrogen-bond acceptors (Lipinski definition) is 4. The summed E-state index contributed by atoms with van der Waals surface area (Å²) in [6.07, 6.45) is 2.32. The number of imide groups is 1. The van der Waals surface area contributed by atoms with Gasteiger partial charge in [-0.3, -0.25) is 15.0 Å². The van der Waals surface area contributed by atoms with E-state index in [1.54, 1.807) is 6.92 Å². The van der Waals surface area contributed by atoms with Crippen LogP contribution in [0, 0.1) is 5.92 Å². The predicted molar refractivity (Wildman–Crippen MR) is 90.2 cm³/mol. The fourth-order valence-corrected chi connectivity index (χ4v) is 3.16. The standard InChI is InChI=1S/C18H23N3O4/c1-18(10-7-13-5-3-2-4-6-13)16(23)21(17(24)19-18)20-15(22)14-8-11-25-12-9-14/h2-6,14H,7-12H2,1H3,(H,19,24)(H,20,22)/t18-/m1/s1. The highest BCUT2D eigenvalue weighted by molar-refractivity contribution is 6.07. The van der Waals surface area contributed by atoms with E-state index in [2.05, 4.69) is 10.7 Å². The van der Waals surface area contributed by atoms with Crippen LogP contribution < -0.4 is 10.7 Å². The van der Waals surface area contributed by atoms with Crippen LogP contribution in [-0.4, -0.2) is 41.6 Å². The molecule has 1 aromatic rings. The van der Waals surface area contributed by atoms with Crippen LogP contribution in [0.25, 0.3) is 0 Å². The maximum atomic E-state index is 12.7. The molecule has 0 aliphatic carbocycles. The summed E-state index contributed by atoms with van der Waals surface area (Å²) in [6.45, 7) is 2.73. The summed E-state index contributed by atoms with van der Waals surface area (Å²) >= 11 is 0. The van der Waals surface area contributed by atoms with E-state index < -0.39 is 17.5 Å². The van der Waals surface area contributed by atoms with Crippen molar-refractivity contribution in [3.8, 4) is 0 Å². The number of nitrogens with zero attached hydrogens (tertiary/aromatic N) is 1. The molecule has 7 nitrogen and oxygen atoms in total. The third kappa shape index (κ3) is 3.82. The van der Waals surface area contributed by atoms with Gasteiger partial charge in [0.1, 0.15) is 5.54 Å². The average molecular weight is 345 g/mol. The van der Waals surface area contributed by atoms with E-state index in [9.17, 15) is 14.4 Å². The second-order valence-corrected chi connectivity index (χ2v) is 6.75. The molecule has 0 aromatic heterocycles. The van der Waals surface area contributed by atoms with Gasteiger partial charge in [-0.25, -0.2) is 4.79 Å². The maximum absolute atomic E-state index is 12.7. The Labute approximate surface area is 146 Å². The zero-order valence-corrected chi connectivity index (χ0v) is 14.3. The lowest BCUT2D eigenvalue weighted by atomic mass is 9.93. The third-order valence-electron chi connectivity index (χ3n) is 4.83. The Balaban J connectivity index is 1.61. The summed E-state index contributed by atoms with van der Waals surface area (Å²) in [6, 6.07) is 9.19. The van der Waals surface area contributed by atoms with Crippen LogP contribution in [0.2, 0.25) is 0 Å². The minimum absolute atomic E-state index is 0.231. The Morgan fingerprint density at radius 3 is 2.64 bits per heavy atom. The summed E-state index contributed by atoms with van der Waals surface area (Å²) in [5, 5.41) is 3.53. The molecule has 2 fully saturated rings. The van der Waals surface area contributed by atoms with Crippen molar-refractivity contribution in [3.63, 3.8) is 0 Å². The van der Waals surface area contributed by atoms with Crippen molar-refractivity contribution in [2.24, 2.45) is 5.92 Å². The summed E-state index contributed by atoms with van der Waals surface area (Å²) in [7, 11) is 0. The quantitative estimate of drug-likeness (QED) is 0.790. The molecule has 2 saturated heterocycles. The summed E-state index contributed by atoms with van der Waals surface area (Å²) in [5.74, 6) is -0.960. The normalized spacial score (nSPS) is 24.3. The first-order valence-corrected chi connectivity index (χ1v) is 8.58. The zero-order valence-electron chi connectivity index (χ0n) is 14.3. The van der Waals surface area contributed by atoms with E-state index in [-0.39, 0.29) is 11.8 Å². The number of carbonyl (C=O) groups excluding carboxylic acids is 3. The third-order valence-corrected chi connectivity index (χ3v) is 4.83. The van der Waals surface area contributed by atoms with Gasteiger partial charge in [-0.2, -0.15) is 5.01 Å². The van der Waals surface area contributed by atoms with Crippen molar-refractivity contribution in [1.82, 2.24) is 15.8 Å². The first-order chi connectivity index (χ1) is 12.0. The van der Waals surface area contributed by atoms with Crippen molar-refractivity contribution in [2.75, 3.05) is 13.2 Å². The van der Waals surface area contributed by atoms with Crippen molar-refractivity contribution >= 4 is 17.8 Å². The van der Waals surface area contributed by atoms with Crippen LogP contribution in [0.5, 0.6) is 0 Å². The van der Waals surface area contributed by atoms with Gasteiger partial charge in [-0.15, -0.1) is 0 Å². The second kappa shape index (κ2) is 7.23. The molecule has 2 heterocycles. The molecule has 3 rings (SSSR count). The fourth-order valence-electron chi connectivity index (χ4n) is 3.16. The summed E-state index contributed by atoms with van der Waals surface area (Å²) in [4.78, 5) is 37.2. The molecule has 25 heavy (non-hydrogen) atoms. The van der Waals surface area contributed by atoms with E-state index in [1.807, 2.05) is 30.3 Å². The molecule has 2 aliphatic heterocycles. The van der Waals surface area contributed by atoms with Crippen molar-refractivity contribution in [3.05, 3.63) is 35.9 Å². The maximum Gasteiger partial charge on any atom is 0.344 e. The fraction of sp³-hybridized carbons (Fsp3) is 0.500. The van der Waals surface area contributed by atoms with E-state index >= 15 is 0 Å². The van der Waals surface area contributed by atoms with Gasteiger partial charge in [0.15, 0.2) is 0 Å². The second-order valence-electron chi connectivity index (χ2n) is 6.75. The molecule has 2 N–H and O–H groups in total. The molecular formula is C18H23N3O4. The van der Waals surface area contributed by atoms with Crippen LogP contribution >= 0.6 is 0 Å². The predicted octanol–water partition coefficient (Wildman–Crippen LogP) is 1.39. The first-order valence-electron chi connectivity index (χ1n) is 8.58. The van der Waals surface area contributed by atoms with Gasteiger partial charge in [0, 0.05) is 19.1 Å². The molecule has 0 bridgehead atoms. The lowest BCUT2D eigenvalue weighted by Crippen LogP contribution is -2.51. The lowest BCUT2D eigenvalue weighted by molar-refractivity contribution is -0.141. The Hall–Kier alpha value is -2.41. The SMILES string of the molecule is C[C@]1(CCc2ccccc2)NC(=O)N(NC(=O)C2CCOCC2)C1=O. The number of hydrazine groups is 1. The summed E-state index contributed by atoms with van der Waals surface area (Å²) in [5.41, 5.74) is 2.55. The minimum atomic E-state index is -1.02. The molecule has 1 aromatic carbocycles. The van der Waals surface area contributed by atoms with E-state index in [4.69, 9.17) is 4.74 Å². The van der Waals surface area contributed by atoms with Crippen LogP contribution in [-0.2, 0) is 20.7 Å². The van der Waals surface area contributed by atoms with Gasteiger partial charge >= 0.3 is 6.03 Å². The van der Waals surface area contributed by atoms with Crippen LogP contribution in [0.15, 0.2) is 30.3 Å². The number of nitrogens with one attached hydrogen (secondary N) is 2. The molecule has 0 saturated carbocycles. The van der Waals surface area contributed by atoms with E-state index in [0.29, 0.717) is 38.9 Å². The van der Waals surface area contributed by atoms with Gasteiger partial charge < -0.3 is 10.1 Å². The van der Waals surface area contributed by atoms with Gasteiger partial charge in [0.2, 0.25) is 5.91 Å².